The van der Waals surface area contributed by atoms with Crippen molar-refractivity contribution in [1.29, 1.82) is 0 Å². The van der Waals surface area contributed by atoms with Gasteiger partial charge in [0.2, 0.25) is 0 Å². The summed E-state index contributed by atoms with van der Waals surface area (Å²) in [7, 11) is 0. The third-order valence-corrected chi connectivity index (χ3v) is 6.34. The minimum atomic E-state index is -1.14. The maximum Gasteiger partial charge on any atom is 0.336 e. The molecular weight excluding hydrogens is 353 g/mol. The number of rotatable bonds is 4. The molecule has 0 radical (unpaired) electrons. The Morgan fingerprint density at radius 1 is 1.53 bits per heavy atom. The molecule has 1 fully saturated rings. The van der Waals surface area contributed by atoms with Crippen LogP contribution >= 0.6 is 39.5 Å². The number of thioether (sulfide) groups is 2. The number of halogens is 2. The molecule has 2 rings (SSSR count). The molecule has 3 nitrogen and oxygen atoms in total. The second kappa shape index (κ2) is 6.85. The molecule has 1 atom stereocenters. The number of carbonyl (C=O) groups is 1. The van der Waals surface area contributed by atoms with Gasteiger partial charge in [0.15, 0.2) is 5.82 Å². The van der Waals surface area contributed by atoms with Crippen molar-refractivity contribution in [1.82, 2.24) is 0 Å². The number of anilines is 1. The molecule has 104 valence electrons. The lowest BCUT2D eigenvalue weighted by molar-refractivity contribution is 0.0695. The largest absolute Gasteiger partial charge is 0.478 e. The third-order valence-electron chi connectivity index (χ3n) is 2.72. The van der Waals surface area contributed by atoms with E-state index in [-0.39, 0.29) is 10.0 Å². The van der Waals surface area contributed by atoms with Crippen LogP contribution in [0.5, 0.6) is 0 Å². The van der Waals surface area contributed by atoms with Gasteiger partial charge in [0.1, 0.15) is 0 Å². The highest BCUT2D eigenvalue weighted by Gasteiger charge is 2.18. The van der Waals surface area contributed by atoms with Crippen molar-refractivity contribution in [3.63, 3.8) is 0 Å². The summed E-state index contributed by atoms with van der Waals surface area (Å²) in [5.74, 6) is 1.67. The molecule has 0 aliphatic carbocycles. The first-order valence-corrected chi connectivity index (χ1v) is 8.73. The summed E-state index contributed by atoms with van der Waals surface area (Å²) in [6, 6.07) is 2.88. The van der Waals surface area contributed by atoms with E-state index in [9.17, 15) is 9.18 Å². The highest BCUT2D eigenvalue weighted by molar-refractivity contribution is 9.10. The lowest BCUT2D eigenvalue weighted by Crippen LogP contribution is -2.23. The number of aromatic carboxylic acids is 1. The van der Waals surface area contributed by atoms with Gasteiger partial charge in [-0.1, -0.05) is 0 Å². The molecule has 1 heterocycles. The number of carboxylic acids is 1. The maximum atomic E-state index is 14.0. The Morgan fingerprint density at radius 2 is 2.32 bits per heavy atom. The first-order chi connectivity index (χ1) is 9.09. The molecule has 0 spiro atoms. The van der Waals surface area contributed by atoms with Crippen LogP contribution in [-0.4, -0.2) is 40.1 Å². The molecule has 1 aromatic carbocycles. The molecule has 7 heteroatoms. The van der Waals surface area contributed by atoms with E-state index >= 15 is 0 Å². The van der Waals surface area contributed by atoms with E-state index in [1.165, 1.54) is 17.9 Å². The minimum absolute atomic E-state index is 0.00401. The predicted molar refractivity (Wildman–Crippen MR) is 83.1 cm³/mol. The highest BCUT2D eigenvalue weighted by Crippen LogP contribution is 2.28. The van der Waals surface area contributed by atoms with Crippen molar-refractivity contribution in [2.75, 3.05) is 29.1 Å². The highest BCUT2D eigenvalue weighted by atomic mass is 79.9. The number of carboxylic acid groups (broad SMARTS) is 1. The second-order valence-corrected chi connectivity index (χ2v) is 7.39. The minimum Gasteiger partial charge on any atom is -0.478 e. The molecule has 0 bridgehead atoms. The van der Waals surface area contributed by atoms with Crippen LogP contribution in [0, 0.1) is 5.82 Å². The smallest absolute Gasteiger partial charge is 0.336 e. The topological polar surface area (TPSA) is 49.3 Å². The molecule has 1 unspecified atom stereocenters. The summed E-state index contributed by atoms with van der Waals surface area (Å²) in [5, 5.41) is 12.4. The molecule has 0 amide bonds. The molecule has 1 aliphatic rings. The number of hydrogen-bond donors (Lipinski definition) is 2. The first kappa shape index (κ1) is 15.0. The summed E-state index contributed by atoms with van der Waals surface area (Å²) in [6.45, 7) is 0.688. The Hall–Kier alpha value is -0.400. The first-order valence-electron chi connectivity index (χ1n) is 5.74. The summed E-state index contributed by atoms with van der Waals surface area (Å²) in [4.78, 5) is 10.9. The van der Waals surface area contributed by atoms with Crippen LogP contribution in [0.3, 0.4) is 0 Å². The van der Waals surface area contributed by atoms with Gasteiger partial charge in [0, 0.05) is 29.1 Å². The number of hydrogen-bond acceptors (Lipinski definition) is 4. The molecule has 1 saturated heterocycles. The van der Waals surface area contributed by atoms with E-state index in [2.05, 4.69) is 21.2 Å². The maximum absolute atomic E-state index is 14.0. The average Bonchev–Trinajstić information content (AvgIpc) is 2.41. The summed E-state index contributed by atoms with van der Waals surface area (Å²) < 4.78 is 14.0. The normalized spacial score (nSPS) is 19.2. The third kappa shape index (κ3) is 3.79. The molecule has 0 saturated carbocycles. The van der Waals surface area contributed by atoms with Crippen molar-refractivity contribution in [3.8, 4) is 0 Å². The quantitative estimate of drug-likeness (QED) is 0.854. The van der Waals surface area contributed by atoms with Crippen LogP contribution in [0.15, 0.2) is 16.6 Å². The van der Waals surface area contributed by atoms with Crippen LogP contribution in [0.4, 0.5) is 10.1 Å². The van der Waals surface area contributed by atoms with Gasteiger partial charge in [-0.05, 0) is 28.1 Å². The molecular formula is C12H13BrFNO2S2. The Morgan fingerprint density at radius 3 is 2.95 bits per heavy atom. The van der Waals surface area contributed by atoms with Crippen molar-refractivity contribution in [2.24, 2.45) is 0 Å². The summed E-state index contributed by atoms with van der Waals surface area (Å²) in [6.07, 6.45) is 0. The predicted octanol–water partition coefficient (Wildman–Crippen LogP) is 3.55. The van der Waals surface area contributed by atoms with Crippen LogP contribution < -0.4 is 5.32 Å². The fraction of sp³-hybridized carbons (Fsp3) is 0.417. The Labute approximate surface area is 127 Å². The van der Waals surface area contributed by atoms with E-state index in [4.69, 9.17) is 5.11 Å². The number of benzene rings is 1. The lowest BCUT2D eigenvalue weighted by atomic mass is 10.2. The van der Waals surface area contributed by atoms with E-state index in [1.54, 1.807) is 0 Å². The monoisotopic (exact) mass is 365 g/mol. The number of nitrogens with one attached hydrogen (secondary N) is 1. The van der Waals surface area contributed by atoms with Crippen LogP contribution in [0.1, 0.15) is 10.4 Å². The van der Waals surface area contributed by atoms with Gasteiger partial charge in [0.25, 0.3) is 0 Å². The van der Waals surface area contributed by atoms with Gasteiger partial charge in [-0.2, -0.15) is 23.5 Å². The van der Waals surface area contributed by atoms with Gasteiger partial charge in [-0.3, -0.25) is 0 Å². The van der Waals surface area contributed by atoms with Crippen molar-refractivity contribution >= 4 is 51.1 Å². The zero-order valence-electron chi connectivity index (χ0n) is 9.99. The van der Waals surface area contributed by atoms with Gasteiger partial charge in [-0.15, -0.1) is 0 Å². The van der Waals surface area contributed by atoms with E-state index < -0.39 is 11.8 Å². The van der Waals surface area contributed by atoms with Gasteiger partial charge in [-0.25, -0.2) is 9.18 Å². The molecule has 1 aromatic rings. The standard InChI is InChI=1S/C12H13BrFNO2S2/c13-10-8(12(16)17)1-2-9(11(10)14)15-5-7-6-18-3-4-19-7/h1-2,7,15H,3-6H2,(H,16,17). The lowest BCUT2D eigenvalue weighted by Gasteiger charge is -2.22. The summed E-state index contributed by atoms with van der Waals surface area (Å²) in [5.41, 5.74) is 0.277. The van der Waals surface area contributed by atoms with Crippen LogP contribution in [-0.2, 0) is 0 Å². The van der Waals surface area contributed by atoms with Crippen LogP contribution in [0.2, 0.25) is 0 Å². The Balaban J connectivity index is 2.04. The summed E-state index contributed by atoms with van der Waals surface area (Å²) >= 11 is 6.79. The van der Waals surface area contributed by atoms with Crippen molar-refractivity contribution in [3.05, 3.63) is 28.0 Å². The van der Waals surface area contributed by atoms with Crippen molar-refractivity contribution < 1.29 is 14.3 Å². The molecule has 1 aliphatic heterocycles. The molecule has 0 aromatic heterocycles. The zero-order valence-corrected chi connectivity index (χ0v) is 13.2. The van der Waals surface area contributed by atoms with E-state index in [0.717, 1.165) is 11.5 Å². The average molecular weight is 366 g/mol. The van der Waals surface area contributed by atoms with E-state index in [1.807, 2.05) is 23.5 Å². The van der Waals surface area contributed by atoms with Crippen molar-refractivity contribution in [2.45, 2.75) is 5.25 Å². The Kier molecular flexibility index (Phi) is 5.41. The van der Waals surface area contributed by atoms with E-state index in [0.29, 0.717) is 17.5 Å². The zero-order chi connectivity index (χ0) is 13.8. The van der Waals surface area contributed by atoms with Gasteiger partial charge >= 0.3 is 5.97 Å². The fourth-order valence-electron chi connectivity index (χ4n) is 1.73. The molecule has 19 heavy (non-hydrogen) atoms. The Bertz CT molecular complexity index is 481. The van der Waals surface area contributed by atoms with Gasteiger partial charge in [0.05, 0.1) is 15.7 Å². The second-order valence-electron chi connectivity index (χ2n) is 4.04. The van der Waals surface area contributed by atoms with Crippen LogP contribution in [0.25, 0.3) is 0 Å². The fourth-order valence-corrected chi connectivity index (χ4v) is 4.86. The van der Waals surface area contributed by atoms with Gasteiger partial charge < -0.3 is 10.4 Å². The molecule has 2 N–H and O–H groups in total. The SMILES string of the molecule is O=C(O)c1ccc(NCC2CSCCS2)c(F)c1Br.